The van der Waals surface area contributed by atoms with Crippen LogP contribution in [-0.4, -0.2) is 17.6 Å². The van der Waals surface area contributed by atoms with Crippen LogP contribution in [0.2, 0.25) is 0 Å². The highest BCUT2D eigenvalue weighted by molar-refractivity contribution is 5.31. The van der Waals surface area contributed by atoms with Crippen molar-refractivity contribution >= 4 is 0 Å². The average molecular weight is 264 g/mol. The van der Waals surface area contributed by atoms with Crippen LogP contribution in [0.1, 0.15) is 36.3 Å². The van der Waals surface area contributed by atoms with Gasteiger partial charge in [0.15, 0.2) is 0 Å². The molecule has 1 unspecified atom stereocenters. The first-order chi connectivity index (χ1) is 9.87. The van der Waals surface area contributed by atoms with Gasteiger partial charge in [-0.3, -0.25) is 4.98 Å². The molecular weight excluding hydrogens is 244 g/mol. The van der Waals surface area contributed by atoms with Crippen molar-refractivity contribution < 1.29 is 0 Å². The third-order valence-corrected chi connectivity index (χ3v) is 4.85. The summed E-state index contributed by atoms with van der Waals surface area (Å²) >= 11 is 0. The molecular formula is C18H20N2. The number of hydrogen-bond donors (Lipinski definition) is 1. The molecule has 4 rings (SSSR count). The minimum Gasteiger partial charge on any atom is -0.312 e. The van der Waals surface area contributed by atoms with E-state index in [4.69, 9.17) is 0 Å². The van der Waals surface area contributed by atoms with Gasteiger partial charge in [-0.25, -0.2) is 0 Å². The number of pyridine rings is 1. The highest BCUT2D eigenvalue weighted by atomic mass is 15.0. The molecule has 2 heteroatoms. The molecule has 102 valence electrons. The molecule has 1 N–H and O–H groups in total. The summed E-state index contributed by atoms with van der Waals surface area (Å²) in [6, 6.07) is 15.8. The fourth-order valence-corrected chi connectivity index (χ4v) is 3.21. The van der Waals surface area contributed by atoms with Crippen molar-refractivity contribution in [2.75, 3.05) is 6.54 Å². The van der Waals surface area contributed by atoms with Crippen LogP contribution in [0.3, 0.4) is 0 Å². The van der Waals surface area contributed by atoms with Gasteiger partial charge in [0, 0.05) is 36.3 Å². The monoisotopic (exact) mass is 264 g/mol. The maximum Gasteiger partial charge on any atom is 0.0306 e. The van der Waals surface area contributed by atoms with Gasteiger partial charge in [-0.15, -0.1) is 0 Å². The van der Waals surface area contributed by atoms with Crippen molar-refractivity contribution in [1.29, 1.82) is 0 Å². The minimum atomic E-state index is 0.373. The molecule has 1 heterocycles. The van der Waals surface area contributed by atoms with E-state index in [0.29, 0.717) is 11.5 Å². The van der Waals surface area contributed by atoms with Crippen LogP contribution in [0.4, 0.5) is 0 Å². The Morgan fingerprint density at radius 3 is 2.65 bits per heavy atom. The van der Waals surface area contributed by atoms with Gasteiger partial charge in [0.2, 0.25) is 0 Å². The standard InChI is InChI=1S/C18H20N2/c1-2-5-14(6-3-1)16-11-17(16)20-13-18(8-9-18)15-7-4-10-19-12-15/h1-7,10,12,16-17,20H,8-9,11,13H2/t16?,17-/m0/s1. The molecule has 0 saturated heterocycles. The van der Waals surface area contributed by atoms with Crippen LogP contribution < -0.4 is 5.32 Å². The number of nitrogens with zero attached hydrogens (tertiary/aromatic N) is 1. The van der Waals surface area contributed by atoms with E-state index in [1.165, 1.54) is 30.4 Å². The summed E-state index contributed by atoms with van der Waals surface area (Å²) in [7, 11) is 0. The molecule has 2 aromatic rings. The summed E-state index contributed by atoms with van der Waals surface area (Å²) in [6.07, 6.45) is 7.78. The van der Waals surface area contributed by atoms with Gasteiger partial charge in [0.05, 0.1) is 0 Å². The molecule has 0 amide bonds. The Hall–Kier alpha value is -1.67. The lowest BCUT2D eigenvalue weighted by Gasteiger charge is -2.16. The SMILES string of the molecule is c1ccc(C2C[C@@H]2NCC2(c3cccnc3)CC2)cc1. The summed E-state index contributed by atoms with van der Waals surface area (Å²) in [5.41, 5.74) is 3.26. The Morgan fingerprint density at radius 1 is 1.10 bits per heavy atom. The van der Waals surface area contributed by atoms with Gasteiger partial charge in [0.25, 0.3) is 0 Å². The predicted molar refractivity (Wildman–Crippen MR) is 80.7 cm³/mol. The third kappa shape index (κ3) is 2.25. The number of benzene rings is 1. The van der Waals surface area contributed by atoms with E-state index in [0.717, 1.165) is 12.5 Å². The van der Waals surface area contributed by atoms with Gasteiger partial charge in [-0.1, -0.05) is 36.4 Å². The molecule has 1 aromatic heterocycles. The first kappa shape index (κ1) is 12.1. The maximum atomic E-state index is 4.27. The van der Waals surface area contributed by atoms with E-state index < -0.39 is 0 Å². The van der Waals surface area contributed by atoms with E-state index in [9.17, 15) is 0 Å². The van der Waals surface area contributed by atoms with E-state index in [1.54, 1.807) is 0 Å². The molecule has 20 heavy (non-hydrogen) atoms. The minimum absolute atomic E-state index is 0.373. The van der Waals surface area contributed by atoms with Crippen LogP contribution in [0.25, 0.3) is 0 Å². The van der Waals surface area contributed by atoms with Crippen molar-refractivity contribution in [1.82, 2.24) is 10.3 Å². The second kappa shape index (κ2) is 4.71. The van der Waals surface area contributed by atoms with Gasteiger partial charge in [-0.05, 0) is 36.5 Å². The Kier molecular flexibility index (Phi) is 2.85. The number of nitrogens with one attached hydrogen (secondary N) is 1. The van der Waals surface area contributed by atoms with E-state index >= 15 is 0 Å². The molecule has 2 aliphatic rings. The average Bonchev–Trinajstić information content (AvgIpc) is 3.42. The van der Waals surface area contributed by atoms with Crippen molar-refractivity contribution in [3.8, 4) is 0 Å². The van der Waals surface area contributed by atoms with Crippen molar-refractivity contribution in [2.24, 2.45) is 0 Å². The van der Waals surface area contributed by atoms with Gasteiger partial charge in [-0.2, -0.15) is 0 Å². The second-order valence-corrected chi connectivity index (χ2v) is 6.26. The predicted octanol–water partition coefficient (Wildman–Crippen LogP) is 3.26. The lowest BCUT2D eigenvalue weighted by atomic mass is 9.98. The Balaban J connectivity index is 1.37. The van der Waals surface area contributed by atoms with Crippen LogP contribution in [0.15, 0.2) is 54.9 Å². The van der Waals surface area contributed by atoms with Crippen LogP contribution in [-0.2, 0) is 5.41 Å². The Bertz CT molecular complexity index is 575. The second-order valence-electron chi connectivity index (χ2n) is 6.26. The van der Waals surface area contributed by atoms with Crippen LogP contribution >= 0.6 is 0 Å². The number of rotatable bonds is 5. The quantitative estimate of drug-likeness (QED) is 0.896. The molecule has 2 aliphatic carbocycles. The summed E-state index contributed by atoms with van der Waals surface area (Å²) in [5, 5.41) is 3.78. The number of aromatic nitrogens is 1. The highest BCUT2D eigenvalue weighted by Crippen LogP contribution is 2.48. The zero-order valence-electron chi connectivity index (χ0n) is 11.6. The summed E-state index contributed by atoms with van der Waals surface area (Å²) in [4.78, 5) is 4.27. The fraction of sp³-hybridized carbons (Fsp3) is 0.389. The fourth-order valence-electron chi connectivity index (χ4n) is 3.21. The van der Waals surface area contributed by atoms with Gasteiger partial charge >= 0.3 is 0 Å². The normalized spacial score (nSPS) is 26.2. The molecule has 2 atom stereocenters. The van der Waals surface area contributed by atoms with Crippen LogP contribution in [0, 0.1) is 0 Å². The van der Waals surface area contributed by atoms with E-state index in [2.05, 4.69) is 52.8 Å². The molecule has 0 bridgehead atoms. The van der Waals surface area contributed by atoms with Gasteiger partial charge in [0.1, 0.15) is 0 Å². The molecule has 0 spiro atoms. The van der Waals surface area contributed by atoms with Gasteiger partial charge < -0.3 is 5.32 Å². The van der Waals surface area contributed by atoms with Crippen LogP contribution in [0.5, 0.6) is 0 Å². The molecule has 0 aliphatic heterocycles. The highest BCUT2D eigenvalue weighted by Gasteiger charge is 2.46. The molecule has 1 aromatic carbocycles. The van der Waals surface area contributed by atoms with E-state index in [1.807, 2.05) is 12.4 Å². The molecule has 0 radical (unpaired) electrons. The maximum absolute atomic E-state index is 4.27. The zero-order chi connectivity index (χ0) is 13.4. The third-order valence-electron chi connectivity index (χ3n) is 4.85. The summed E-state index contributed by atoms with van der Waals surface area (Å²) < 4.78 is 0. The topological polar surface area (TPSA) is 24.9 Å². The molecule has 2 nitrogen and oxygen atoms in total. The Morgan fingerprint density at radius 2 is 1.95 bits per heavy atom. The zero-order valence-corrected chi connectivity index (χ0v) is 11.6. The van der Waals surface area contributed by atoms with Crippen molar-refractivity contribution in [2.45, 2.75) is 36.6 Å². The van der Waals surface area contributed by atoms with Crippen molar-refractivity contribution in [3.63, 3.8) is 0 Å². The number of hydrogen-bond acceptors (Lipinski definition) is 2. The smallest absolute Gasteiger partial charge is 0.0306 e. The Labute approximate surface area is 120 Å². The first-order valence-electron chi connectivity index (χ1n) is 7.56. The summed E-state index contributed by atoms with van der Waals surface area (Å²) in [5.74, 6) is 0.723. The molecule has 2 fully saturated rings. The van der Waals surface area contributed by atoms with E-state index in [-0.39, 0.29) is 0 Å². The first-order valence-corrected chi connectivity index (χ1v) is 7.56. The lowest BCUT2D eigenvalue weighted by Crippen LogP contribution is -2.29. The van der Waals surface area contributed by atoms with Crippen molar-refractivity contribution in [3.05, 3.63) is 66.0 Å². The molecule has 2 saturated carbocycles. The lowest BCUT2D eigenvalue weighted by molar-refractivity contribution is 0.564. The largest absolute Gasteiger partial charge is 0.312 e. The summed E-state index contributed by atoms with van der Waals surface area (Å²) in [6.45, 7) is 1.10.